The Morgan fingerprint density at radius 1 is 1.17 bits per heavy atom. The Morgan fingerprint density at radius 3 is 2.67 bits per heavy atom. The van der Waals surface area contributed by atoms with E-state index in [-0.39, 0.29) is 0 Å². The van der Waals surface area contributed by atoms with Crippen molar-refractivity contribution in [1.82, 2.24) is 0 Å². The van der Waals surface area contributed by atoms with Gasteiger partial charge in [0.05, 0.1) is 23.5 Å². The van der Waals surface area contributed by atoms with Gasteiger partial charge in [-0.2, -0.15) is 0 Å². The van der Waals surface area contributed by atoms with Crippen LogP contribution in [0, 0.1) is 0 Å². The third-order valence-corrected chi connectivity index (χ3v) is 2.98. The molecular formula is C13H12ClNO3. The number of benzene rings is 1. The molecule has 0 spiro atoms. The fourth-order valence-electron chi connectivity index (χ4n) is 1.79. The summed E-state index contributed by atoms with van der Waals surface area (Å²) in [6.45, 7) is 1.70. The summed E-state index contributed by atoms with van der Waals surface area (Å²) in [5, 5.41) is 3.81. The summed E-state index contributed by atoms with van der Waals surface area (Å²) < 4.78 is 16.2. The first kappa shape index (κ1) is 11.3. The number of anilines is 1. The SMILES string of the molecule is Clc1cc2c(cc1NCc1ccco1)OCCO2. The first-order chi connectivity index (χ1) is 8.83. The van der Waals surface area contributed by atoms with E-state index in [1.807, 2.05) is 18.2 Å². The quantitative estimate of drug-likeness (QED) is 0.925. The fourth-order valence-corrected chi connectivity index (χ4v) is 2.02. The highest BCUT2D eigenvalue weighted by Crippen LogP contribution is 2.38. The van der Waals surface area contributed by atoms with Crippen LogP contribution in [0.3, 0.4) is 0 Å². The molecule has 94 valence electrons. The number of nitrogens with one attached hydrogen (secondary N) is 1. The Morgan fingerprint density at radius 2 is 1.94 bits per heavy atom. The minimum Gasteiger partial charge on any atom is -0.486 e. The van der Waals surface area contributed by atoms with Gasteiger partial charge >= 0.3 is 0 Å². The van der Waals surface area contributed by atoms with Crippen molar-refractivity contribution >= 4 is 17.3 Å². The zero-order valence-electron chi connectivity index (χ0n) is 9.61. The van der Waals surface area contributed by atoms with E-state index in [0.29, 0.717) is 36.3 Å². The van der Waals surface area contributed by atoms with Gasteiger partial charge in [0.2, 0.25) is 0 Å². The highest BCUT2D eigenvalue weighted by molar-refractivity contribution is 6.33. The van der Waals surface area contributed by atoms with Crippen molar-refractivity contribution in [3.63, 3.8) is 0 Å². The largest absolute Gasteiger partial charge is 0.486 e. The third kappa shape index (κ3) is 2.24. The molecule has 1 aromatic heterocycles. The van der Waals surface area contributed by atoms with Crippen LogP contribution in [-0.2, 0) is 6.54 Å². The van der Waals surface area contributed by atoms with E-state index in [4.69, 9.17) is 25.5 Å². The van der Waals surface area contributed by atoms with E-state index < -0.39 is 0 Å². The van der Waals surface area contributed by atoms with Crippen molar-refractivity contribution in [1.29, 1.82) is 0 Å². The first-order valence-corrected chi connectivity index (χ1v) is 6.06. The van der Waals surface area contributed by atoms with Gasteiger partial charge in [0.25, 0.3) is 0 Å². The van der Waals surface area contributed by atoms with Crippen LogP contribution in [0.1, 0.15) is 5.76 Å². The molecule has 5 heteroatoms. The molecular weight excluding hydrogens is 254 g/mol. The van der Waals surface area contributed by atoms with Crippen molar-refractivity contribution in [2.24, 2.45) is 0 Å². The Balaban J connectivity index is 1.79. The van der Waals surface area contributed by atoms with Crippen molar-refractivity contribution in [3.05, 3.63) is 41.3 Å². The second kappa shape index (κ2) is 4.82. The molecule has 1 aliphatic rings. The minimum atomic E-state index is 0.558. The molecule has 18 heavy (non-hydrogen) atoms. The molecule has 0 saturated heterocycles. The van der Waals surface area contributed by atoms with Crippen molar-refractivity contribution in [3.8, 4) is 11.5 Å². The van der Waals surface area contributed by atoms with Crippen LogP contribution in [0.15, 0.2) is 34.9 Å². The molecule has 0 unspecified atom stereocenters. The molecule has 0 amide bonds. The van der Waals surface area contributed by atoms with Crippen LogP contribution in [-0.4, -0.2) is 13.2 Å². The number of halogens is 1. The molecule has 0 saturated carbocycles. The molecule has 4 nitrogen and oxygen atoms in total. The summed E-state index contributed by atoms with van der Waals surface area (Å²) in [7, 11) is 0. The minimum absolute atomic E-state index is 0.558. The van der Waals surface area contributed by atoms with Crippen LogP contribution in [0.25, 0.3) is 0 Å². The maximum Gasteiger partial charge on any atom is 0.163 e. The van der Waals surface area contributed by atoms with Crippen LogP contribution >= 0.6 is 11.6 Å². The van der Waals surface area contributed by atoms with E-state index in [1.165, 1.54) is 0 Å². The molecule has 3 rings (SSSR count). The van der Waals surface area contributed by atoms with Crippen LogP contribution in [0.2, 0.25) is 5.02 Å². The van der Waals surface area contributed by atoms with Crippen LogP contribution in [0.4, 0.5) is 5.69 Å². The number of hydrogen-bond donors (Lipinski definition) is 1. The summed E-state index contributed by atoms with van der Waals surface area (Å²) >= 11 is 6.17. The lowest BCUT2D eigenvalue weighted by molar-refractivity contribution is 0.171. The monoisotopic (exact) mass is 265 g/mol. The van der Waals surface area contributed by atoms with Crippen molar-refractivity contribution < 1.29 is 13.9 Å². The van der Waals surface area contributed by atoms with E-state index in [1.54, 1.807) is 12.3 Å². The molecule has 0 aliphatic carbocycles. The van der Waals surface area contributed by atoms with E-state index in [0.717, 1.165) is 11.4 Å². The normalized spacial score (nSPS) is 13.4. The highest BCUT2D eigenvalue weighted by atomic mass is 35.5. The topological polar surface area (TPSA) is 43.6 Å². The number of rotatable bonds is 3. The second-order valence-corrected chi connectivity index (χ2v) is 4.32. The second-order valence-electron chi connectivity index (χ2n) is 3.91. The predicted molar refractivity (Wildman–Crippen MR) is 68.5 cm³/mol. The fraction of sp³-hybridized carbons (Fsp3) is 0.231. The summed E-state index contributed by atoms with van der Waals surface area (Å²) in [6.07, 6.45) is 1.64. The molecule has 2 heterocycles. The summed E-state index contributed by atoms with van der Waals surface area (Å²) in [5.41, 5.74) is 0.803. The lowest BCUT2D eigenvalue weighted by Crippen LogP contribution is -2.15. The standard InChI is InChI=1S/C13H12ClNO3/c14-10-6-12-13(18-5-4-17-12)7-11(10)15-8-9-2-1-3-16-9/h1-3,6-7,15H,4-5,8H2. The average molecular weight is 266 g/mol. The zero-order valence-corrected chi connectivity index (χ0v) is 10.4. The zero-order chi connectivity index (χ0) is 12.4. The van der Waals surface area contributed by atoms with Gasteiger partial charge in [-0.3, -0.25) is 0 Å². The number of furan rings is 1. The molecule has 1 aliphatic heterocycles. The van der Waals surface area contributed by atoms with Gasteiger partial charge in [-0.25, -0.2) is 0 Å². The van der Waals surface area contributed by atoms with Gasteiger partial charge in [-0.1, -0.05) is 11.6 Å². The van der Waals surface area contributed by atoms with Gasteiger partial charge in [-0.15, -0.1) is 0 Å². The van der Waals surface area contributed by atoms with Gasteiger partial charge in [0.1, 0.15) is 19.0 Å². The Hall–Kier alpha value is -1.81. The first-order valence-electron chi connectivity index (χ1n) is 5.68. The predicted octanol–water partition coefficient (Wildman–Crippen LogP) is 3.32. The summed E-state index contributed by atoms with van der Waals surface area (Å²) in [5.74, 6) is 2.25. The lowest BCUT2D eigenvalue weighted by atomic mass is 10.2. The summed E-state index contributed by atoms with van der Waals surface area (Å²) in [4.78, 5) is 0. The molecule has 0 fully saturated rings. The number of hydrogen-bond acceptors (Lipinski definition) is 4. The van der Waals surface area contributed by atoms with Crippen LogP contribution < -0.4 is 14.8 Å². The smallest absolute Gasteiger partial charge is 0.163 e. The molecule has 1 N–H and O–H groups in total. The highest BCUT2D eigenvalue weighted by Gasteiger charge is 2.15. The van der Waals surface area contributed by atoms with Gasteiger partial charge < -0.3 is 19.2 Å². The van der Waals surface area contributed by atoms with E-state index >= 15 is 0 Å². The summed E-state index contributed by atoms with van der Waals surface area (Å²) in [6, 6.07) is 7.36. The molecule has 0 atom stereocenters. The molecule has 2 aromatic rings. The molecule has 1 aromatic carbocycles. The van der Waals surface area contributed by atoms with Crippen LogP contribution in [0.5, 0.6) is 11.5 Å². The van der Waals surface area contributed by atoms with E-state index in [2.05, 4.69) is 5.32 Å². The van der Waals surface area contributed by atoms with E-state index in [9.17, 15) is 0 Å². The maximum absolute atomic E-state index is 6.17. The average Bonchev–Trinajstić information content (AvgIpc) is 2.89. The van der Waals surface area contributed by atoms with Gasteiger partial charge in [0, 0.05) is 12.1 Å². The Labute approximate surface area is 109 Å². The van der Waals surface area contributed by atoms with Crippen molar-refractivity contribution in [2.75, 3.05) is 18.5 Å². The third-order valence-electron chi connectivity index (χ3n) is 2.67. The Bertz CT molecular complexity index is 539. The number of ether oxygens (including phenoxy) is 2. The lowest BCUT2D eigenvalue weighted by Gasteiger charge is -2.20. The maximum atomic E-state index is 6.17. The number of fused-ring (bicyclic) bond motifs is 1. The Kier molecular flexibility index (Phi) is 3.02. The van der Waals surface area contributed by atoms with Crippen molar-refractivity contribution in [2.45, 2.75) is 6.54 Å². The molecule has 0 radical (unpaired) electrons. The molecule has 0 bridgehead atoms. The van der Waals surface area contributed by atoms with Gasteiger partial charge in [-0.05, 0) is 12.1 Å². The van der Waals surface area contributed by atoms with Gasteiger partial charge in [0.15, 0.2) is 11.5 Å².